The fraction of sp³-hybridized carbons (Fsp3) is 0.240. The van der Waals surface area contributed by atoms with Gasteiger partial charge in [0, 0.05) is 23.7 Å². The third-order valence-electron chi connectivity index (χ3n) is 5.08. The number of carbonyl (C=O) groups is 1. The van der Waals surface area contributed by atoms with E-state index in [1.165, 1.54) is 18.4 Å². The van der Waals surface area contributed by atoms with Crippen LogP contribution in [0.4, 0.5) is 13.9 Å². The summed E-state index contributed by atoms with van der Waals surface area (Å²) in [6.07, 6.45) is 0. The molecule has 0 aliphatic heterocycles. The number of methoxy groups -OCH3 is 1. The zero-order valence-electron chi connectivity index (χ0n) is 19.4. The van der Waals surface area contributed by atoms with Crippen molar-refractivity contribution in [1.82, 2.24) is 15.3 Å². The Balaban J connectivity index is 1.55. The van der Waals surface area contributed by atoms with Crippen molar-refractivity contribution in [2.24, 2.45) is 5.92 Å². The molecule has 0 atom stereocenters. The lowest BCUT2D eigenvalue weighted by Crippen LogP contribution is -2.24. The van der Waals surface area contributed by atoms with Gasteiger partial charge in [0.1, 0.15) is 11.4 Å². The number of pyridine rings is 1. The number of aromatic nitrogens is 2. The molecule has 0 saturated carbocycles. The van der Waals surface area contributed by atoms with Crippen molar-refractivity contribution < 1.29 is 23.0 Å². The quantitative estimate of drug-likeness (QED) is 0.347. The molecular formula is C25H24F2N4O3S. The maximum atomic E-state index is 14.3. The molecule has 1 amide bonds. The number of thiazole rings is 1. The minimum Gasteiger partial charge on any atom is -0.490 e. The van der Waals surface area contributed by atoms with E-state index in [2.05, 4.69) is 15.3 Å². The first-order valence-corrected chi connectivity index (χ1v) is 11.7. The van der Waals surface area contributed by atoms with Gasteiger partial charge in [0.15, 0.2) is 16.7 Å². The number of nitrogens with two attached hydrogens (primary N) is 1. The van der Waals surface area contributed by atoms with E-state index in [1.807, 2.05) is 32.0 Å². The van der Waals surface area contributed by atoms with Crippen molar-refractivity contribution in [3.63, 3.8) is 0 Å². The van der Waals surface area contributed by atoms with Crippen LogP contribution in [0.1, 0.15) is 29.8 Å². The summed E-state index contributed by atoms with van der Waals surface area (Å²) >= 11 is 1.37. The van der Waals surface area contributed by atoms with Gasteiger partial charge in [0.2, 0.25) is 5.88 Å². The number of nitrogens with one attached hydrogen (secondary N) is 1. The normalized spacial score (nSPS) is 11.1. The van der Waals surface area contributed by atoms with Gasteiger partial charge in [-0.2, -0.15) is 0 Å². The number of fused-ring (bicyclic) bond motifs is 1. The molecule has 0 aliphatic rings. The molecule has 2 aromatic carbocycles. The van der Waals surface area contributed by atoms with Crippen LogP contribution in [0.2, 0.25) is 0 Å². The molecule has 182 valence electrons. The lowest BCUT2D eigenvalue weighted by atomic mass is 10.1. The van der Waals surface area contributed by atoms with Crippen LogP contribution in [0.5, 0.6) is 11.6 Å². The molecule has 4 rings (SSSR count). The average molecular weight is 499 g/mol. The Morgan fingerprint density at radius 1 is 1.14 bits per heavy atom. The summed E-state index contributed by atoms with van der Waals surface area (Å²) in [5, 5.41) is 3.14. The van der Waals surface area contributed by atoms with E-state index in [0.29, 0.717) is 10.8 Å². The highest BCUT2D eigenvalue weighted by Crippen LogP contribution is 2.30. The van der Waals surface area contributed by atoms with Crippen molar-refractivity contribution in [3.05, 3.63) is 65.2 Å². The van der Waals surface area contributed by atoms with Gasteiger partial charge < -0.3 is 20.5 Å². The predicted octanol–water partition coefficient (Wildman–Crippen LogP) is 5.19. The van der Waals surface area contributed by atoms with Crippen molar-refractivity contribution >= 4 is 32.6 Å². The van der Waals surface area contributed by atoms with Crippen LogP contribution < -0.4 is 20.5 Å². The van der Waals surface area contributed by atoms with Crippen LogP contribution in [0.3, 0.4) is 0 Å². The van der Waals surface area contributed by atoms with Gasteiger partial charge in [-0.25, -0.2) is 18.7 Å². The van der Waals surface area contributed by atoms with Gasteiger partial charge in [-0.15, -0.1) is 0 Å². The lowest BCUT2D eigenvalue weighted by molar-refractivity contribution is 0.0946. The Bertz CT molecular complexity index is 1390. The molecule has 4 aromatic rings. The summed E-state index contributed by atoms with van der Waals surface area (Å²) in [7, 11) is 1.41. The second-order valence-electron chi connectivity index (χ2n) is 8.25. The number of hydrogen-bond donors (Lipinski definition) is 2. The highest BCUT2D eigenvalue weighted by molar-refractivity contribution is 7.22. The van der Waals surface area contributed by atoms with Gasteiger partial charge in [0.25, 0.3) is 5.91 Å². The second kappa shape index (κ2) is 10.2. The molecule has 0 saturated heterocycles. The number of carbonyl (C=O) groups excluding carboxylic acids is 1. The minimum absolute atomic E-state index is 0.0834. The van der Waals surface area contributed by atoms with E-state index in [0.717, 1.165) is 27.9 Å². The van der Waals surface area contributed by atoms with E-state index in [9.17, 15) is 13.6 Å². The van der Waals surface area contributed by atoms with Crippen molar-refractivity contribution in [2.45, 2.75) is 20.4 Å². The van der Waals surface area contributed by atoms with Crippen molar-refractivity contribution in [3.8, 4) is 22.9 Å². The van der Waals surface area contributed by atoms with E-state index < -0.39 is 17.5 Å². The number of halogens is 2. The Morgan fingerprint density at radius 2 is 1.94 bits per heavy atom. The first-order chi connectivity index (χ1) is 16.7. The third-order valence-corrected chi connectivity index (χ3v) is 5.93. The molecule has 10 heteroatoms. The summed E-state index contributed by atoms with van der Waals surface area (Å²) in [5.74, 6) is -1.91. The number of benzene rings is 2. The molecule has 0 unspecified atom stereocenters. The molecular weight excluding hydrogens is 474 g/mol. The molecule has 7 nitrogen and oxygen atoms in total. The Morgan fingerprint density at radius 3 is 2.69 bits per heavy atom. The average Bonchev–Trinajstić information content (AvgIpc) is 3.20. The zero-order valence-corrected chi connectivity index (χ0v) is 20.2. The Hall–Kier alpha value is -3.79. The van der Waals surface area contributed by atoms with E-state index in [-0.39, 0.29) is 41.8 Å². The molecule has 3 N–H and O–H groups in total. The van der Waals surface area contributed by atoms with Crippen LogP contribution in [0.15, 0.2) is 42.5 Å². The topological polar surface area (TPSA) is 99.4 Å². The lowest BCUT2D eigenvalue weighted by Gasteiger charge is -2.15. The maximum absolute atomic E-state index is 14.3. The number of ether oxygens (including phenoxy) is 2. The number of nitrogens with zero attached hydrogens (tertiary/aromatic N) is 2. The standard InChI is InChI=1S/C25H24F2N4O3S/c1-13(2)12-34-22-15(8-16(26)10-18(22)27)11-29-23(32)17-5-7-19(30-24(17)33-3)14-4-6-20-21(9-14)35-25(28)31-20/h4-10,13H,11-12H2,1-3H3,(H2,28,31)(H,29,32). The van der Waals surface area contributed by atoms with Gasteiger partial charge >= 0.3 is 0 Å². The van der Waals surface area contributed by atoms with E-state index in [1.54, 1.807) is 12.1 Å². The van der Waals surface area contributed by atoms with Crippen LogP contribution in [0.25, 0.3) is 21.5 Å². The van der Waals surface area contributed by atoms with Gasteiger partial charge in [-0.1, -0.05) is 31.3 Å². The first kappa shape index (κ1) is 24.3. The monoisotopic (exact) mass is 498 g/mol. The Kier molecular flexibility index (Phi) is 7.11. The highest BCUT2D eigenvalue weighted by Gasteiger charge is 2.18. The van der Waals surface area contributed by atoms with Gasteiger partial charge in [-0.3, -0.25) is 4.79 Å². The number of anilines is 1. The molecule has 35 heavy (non-hydrogen) atoms. The largest absolute Gasteiger partial charge is 0.490 e. The SMILES string of the molecule is COc1nc(-c2ccc3nc(N)sc3c2)ccc1C(=O)NCc1cc(F)cc(F)c1OCC(C)C. The highest BCUT2D eigenvalue weighted by atomic mass is 32.1. The second-order valence-corrected chi connectivity index (χ2v) is 9.31. The summed E-state index contributed by atoms with van der Waals surface area (Å²) < 4.78 is 39.9. The van der Waals surface area contributed by atoms with Crippen LogP contribution >= 0.6 is 11.3 Å². The molecule has 2 heterocycles. The van der Waals surface area contributed by atoms with Crippen molar-refractivity contribution in [1.29, 1.82) is 0 Å². The molecule has 0 spiro atoms. The fourth-order valence-electron chi connectivity index (χ4n) is 3.46. The summed E-state index contributed by atoms with van der Waals surface area (Å²) in [4.78, 5) is 21.6. The van der Waals surface area contributed by atoms with Gasteiger partial charge in [-0.05, 0) is 36.2 Å². The van der Waals surface area contributed by atoms with Gasteiger partial charge in [0.05, 0.1) is 29.6 Å². The smallest absolute Gasteiger partial charge is 0.257 e. The number of rotatable bonds is 8. The predicted molar refractivity (Wildman–Crippen MR) is 132 cm³/mol. The number of amides is 1. The Labute approximate surface area is 204 Å². The van der Waals surface area contributed by atoms with E-state index >= 15 is 0 Å². The molecule has 0 fully saturated rings. The maximum Gasteiger partial charge on any atom is 0.257 e. The third kappa shape index (κ3) is 5.48. The minimum atomic E-state index is -0.821. The first-order valence-electron chi connectivity index (χ1n) is 10.9. The van der Waals surface area contributed by atoms with Crippen molar-refractivity contribution in [2.75, 3.05) is 19.5 Å². The number of hydrogen-bond acceptors (Lipinski definition) is 7. The van der Waals surface area contributed by atoms with E-state index in [4.69, 9.17) is 15.2 Å². The van der Waals surface area contributed by atoms with Crippen LogP contribution in [-0.4, -0.2) is 29.6 Å². The summed E-state index contributed by atoms with van der Waals surface area (Å²) in [6.45, 7) is 3.94. The molecule has 2 aromatic heterocycles. The van der Waals surface area contributed by atoms with Crippen LogP contribution in [-0.2, 0) is 6.54 Å². The molecule has 0 aliphatic carbocycles. The molecule has 0 radical (unpaired) electrons. The summed E-state index contributed by atoms with van der Waals surface area (Å²) in [5.41, 5.74) is 8.37. The molecule has 0 bridgehead atoms. The number of nitrogen functional groups attached to an aromatic ring is 1. The summed E-state index contributed by atoms with van der Waals surface area (Å²) in [6, 6.07) is 10.8. The fourth-order valence-corrected chi connectivity index (χ4v) is 4.23. The zero-order chi connectivity index (χ0) is 25.1. The van der Waals surface area contributed by atoms with Crippen LogP contribution in [0, 0.1) is 17.6 Å².